The number of nitrogens with one attached hydrogen (secondary N) is 1. The third kappa shape index (κ3) is 3.25. The molecule has 0 amide bonds. The van der Waals surface area contributed by atoms with Crippen LogP contribution in [0.2, 0.25) is 0 Å². The van der Waals surface area contributed by atoms with E-state index in [0.29, 0.717) is 28.4 Å². The van der Waals surface area contributed by atoms with E-state index in [4.69, 9.17) is 15.5 Å². The van der Waals surface area contributed by atoms with Gasteiger partial charge in [0.05, 0.1) is 23.4 Å². The molecule has 0 saturated heterocycles. The van der Waals surface area contributed by atoms with Crippen molar-refractivity contribution in [3.05, 3.63) is 48.7 Å². The van der Waals surface area contributed by atoms with Gasteiger partial charge in [0.1, 0.15) is 29.2 Å². The number of H-pyrrole nitrogens is 1. The summed E-state index contributed by atoms with van der Waals surface area (Å²) < 4.78 is 22.4. The summed E-state index contributed by atoms with van der Waals surface area (Å²) in [5.74, 6) is 0.807. The lowest BCUT2D eigenvalue weighted by atomic mass is 9.88. The number of ether oxygens (including phenoxy) is 1. The number of hydrogen-bond donors (Lipinski definition) is 2. The fraction of sp³-hybridized carbons (Fsp3) is 0.333. The molecule has 0 radical (unpaired) electrons. The predicted octanol–water partition coefficient (Wildman–Crippen LogP) is 3.09. The number of halogens is 1. The van der Waals surface area contributed by atoms with Crippen LogP contribution in [0.4, 0.5) is 4.39 Å². The molecule has 0 spiro atoms. The van der Waals surface area contributed by atoms with Crippen LogP contribution in [0.1, 0.15) is 25.3 Å². The molecule has 3 N–H and O–H groups in total. The molecule has 0 bridgehead atoms. The minimum Gasteiger partial charge on any atom is -0.381 e. The van der Waals surface area contributed by atoms with Gasteiger partial charge in [-0.05, 0) is 37.5 Å². The Balaban J connectivity index is 1.72. The largest absolute Gasteiger partial charge is 0.381 e. The summed E-state index contributed by atoms with van der Waals surface area (Å²) in [6.07, 6.45) is 5.50. The Morgan fingerprint density at radius 1 is 1.20 bits per heavy atom. The Morgan fingerprint density at radius 2 is 2.07 bits per heavy atom. The summed E-state index contributed by atoms with van der Waals surface area (Å²) in [5, 5.41) is 6.74. The molecule has 3 atom stereocenters. The molecular formula is C21H22FN7O. The number of hydrogen-bond acceptors (Lipinski definition) is 6. The van der Waals surface area contributed by atoms with Crippen molar-refractivity contribution in [2.45, 2.75) is 37.5 Å². The van der Waals surface area contributed by atoms with E-state index in [-0.39, 0.29) is 24.0 Å². The quantitative estimate of drug-likeness (QED) is 0.538. The average molecular weight is 407 g/mol. The van der Waals surface area contributed by atoms with E-state index < -0.39 is 0 Å². The Morgan fingerprint density at radius 3 is 2.83 bits per heavy atom. The highest BCUT2D eigenvalue weighted by molar-refractivity contribution is 5.83. The SMILES string of the molecule is COC1CC(N)CC(n2c(-c3ccccc3F)nc3cnc(-c4ncn[nH]4)cc32)C1. The highest BCUT2D eigenvalue weighted by Crippen LogP contribution is 2.37. The molecule has 30 heavy (non-hydrogen) atoms. The monoisotopic (exact) mass is 407 g/mol. The fourth-order valence-corrected chi connectivity index (χ4v) is 4.34. The van der Waals surface area contributed by atoms with Crippen molar-refractivity contribution in [3.8, 4) is 22.9 Å². The van der Waals surface area contributed by atoms with Crippen molar-refractivity contribution >= 4 is 11.0 Å². The lowest BCUT2D eigenvalue weighted by Crippen LogP contribution is -2.37. The molecule has 3 unspecified atom stereocenters. The van der Waals surface area contributed by atoms with Crippen LogP contribution in [0.3, 0.4) is 0 Å². The number of aromatic amines is 1. The van der Waals surface area contributed by atoms with Gasteiger partial charge in [-0.1, -0.05) is 12.1 Å². The van der Waals surface area contributed by atoms with E-state index in [1.165, 1.54) is 12.4 Å². The third-order valence-corrected chi connectivity index (χ3v) is 5.72. The van der Waals surface area contributed by atoms with Crippen LogP contribution in [0.15, 0.2) is 42.9 Å². The first-order chi connectivity index (χ1) is 14.6. The van der Waals surface area contributed by atoms with Crippen LogP contribution in [-0.2, 0) is 4.74 Å². The van der Waals surface area contributed by atoms with Gasteiger partial charge < -0.3 is 15.0 Å². The summed E-state index contributed by atoms with van der Waals surface area (Å²) in [4.78, 5) is 13.4. The Hall–Kier alpha value is -3.17. The molecule has 1 aliphatic carbocycles. The lowest BCUT2D eigenvalue weighted by molar-refractivity contribution is 0.0468. The predicted molar refractivity (Wildman–Crippen MR) is 110 cm³/mol. The zero-order chi connectivity index (χ0) is 20.7. The number of nitrogens with two attached hydrogens (primary N) is 1. The second kappa shape index (κ2) is 7.58. The van der Waals surface area contributed by atoms with Crippen LogP contribution >= 0.6 is 0 Å². The van der Waals surface area contributed by atoms with E-state index in [1.807, 2.05) is 12.1 Å². The lowest BCUT2D eigenvalue weighted by Gasteiger charge is -2.34. The fourth-order valence-electron chi connectivity index (χ4n) is 4.34. The van der Waals surface area contributed by atoms with Crippen molar-refractivity contribution in [2.24, 2.45) is 5.73 Å². The average Bonchev–Trinajstić information content (AvgIpc) is 3.41. The molecule has 9 heteroatoms. The maximum absolute atomic E-state index is 14.7. The molecule has 1 aliphatic rings. The Bertz CT molecular complexity index is 1170. The second-order valence-electron chi connectivity index (χ2n) is 7.66. The summed E-state index contributed by atoms with van der Waals surface area (Å²) in [6.45, 7) is 0. The number of benzene rings is 1. The third-order valence-electron chi connectivity index (χ3n) is 5.72. The molecule has 5 rings (SSSR count). The second-order valence-corrected chi connectivity index (χ2v) is 7.66. The van der Waals surface area contributed by atoms with Crippen LogP contribution < -0.4 is 5.73 Å². The van der Waals surface area contributed by atoms with E-state index in [1.54, 1.807) is 25.4 Å². The van der Waals surface area contributed by atoms with Crippen molar-refractivity contribution in [3.63, 3.8) is 0 Å². The van der Waals surface area contributed by atoms with E-state index in [0.717, 1.165) is 24.8 Å². The van der Waals surface area contributed by atoms with Gasteiger partial charge in [0, 0.05) is 19.2 Å². The van der Waals surface area contributed by atoms with Gasteiger partial charge in [0.2, 0.25) is 0 Å². The van der Waals surface area contributed by atoms with Crippen molar-refractivity contribution in [1.29, 1.82) is 0 Å². The first kappa shape index (κ1) is 18.8. The highest BCUT2D eigenvalue weighted by Gasteiger charge is 2.31. The van der Waals surface area contributed by atoms with Crippen molar-refractivity contribution in [1.82, 2.24) is 29.7 Å². The summed E-state index contributed by atoms with van der Waals surface area (Å²) in [5.41, 5.74) is 8.97. The number of nitrogens with zero attached hydrogens (tertiary/aromatic N) is 5. The maximum Gasteiger partial charge on any atom is 0.174 e. The van der Waals surface area contributed by atoms with Gasteiger partial charge in [0.25, 0.3) is 0 Å². The molecule has 1 saturated carbocycles. The summed E-state index contributed by atoms with van der Waals surface area (Å²) >= 11 is 0. The molecule has 3 heterocycles. The first-order valence-corrected chi connectivity index (χ1v) is 9.91. The van der Waals surface area contributed by atoms with Gasteiger partial charge in [-0.15, -0.1) is 0 Å². The molecule has 1 aromatic carbocycles. The van der Waals surface area contributed by atoms with Crippen LogP contribution in [-0.4, -0.2) is 49.0 Å². The van der Waals surface area contributed by atoms with Gasteiger partial charge in [-0.3, -0.25) is 10.1 Å². The molecule has 4 aromatic rings. The minimum absolute atomic E-state index is 0.00444. The number of rotatable bonds is 4. The van der Waals surface area contributed by atoms with E-state index in [2.05, 4.69) is 24.7 Å². The number of aromatic nitrogens is 6. The molecule has 3 aromatic heterocycles. The topological polar surface area (TPSA) is 108 Å². The van der Waals surface area contributed by atoms with Crippen LogP contribution in [0.25, 0.3) is 33.9 Å². The zero-order valence-corrected chi connectivity index (χ0v) is 16.5. The number of fused-ring (bicyclic) bond motifs is 1. The standard InChI is InChI=1S/C21H22FN7O/c1-30-14-7-12(23)6-13(8-14)29-19-9-17(20-25-11-26-28-20)24-10-18(19)27-21(29)15-4-2-3-5-16(15)22/h2-5,9-14H,6-8,23H2,1H3,(H,25,26,28). The van der Waals surface area contributed by atoms with Crippen molar-refractivity contribution < 1.29 is 9.13 Å². The molecule has 1 fully saturated rings. The molecule has 0 aliphatic heterocycles. The number of imidazole rings is 1. The molecule has 154 valence electrons. The van der Waals surface area contributed by atoms with Gasteiger partial charge in [-0.25, -0.2) is 14.4 Å². The summed E-state index contributed by atoms with van der Waals surface area (Å²) in [6, 6.07) is 8.60. The van der Waals surface area contributed by atoms with E-state index >= 15 is 0 Å². The van der Waals surface area contributed by atoms with Crippen LogP contribution in [0.5, 0.6) is 0 Å². The van der Waals surface area contributed by atoms with E-state index in [9.17, 15) is 4.39 Å². The van der Waals surface area contributed by atoms with Gasteiger partial charge in [-0.2, -0.15) is 5.10 Å². The van der Waals surface area contributed by atoms with Crippen LogP contribution in [0, 0.1) is 5.82 Å². The van der Waals surface area contributed by atoms with Gasteiger partial charge in [0.15, 0.2) is 5.82 Å². The zero-order valence-electron chi connectivity index (χ0n) is 16.5. The summed E-state index contributed by atoms with van der Waals surface area (Å²) in [7, 11) is 1.70. The number of methoxy groups -OCH3 is 1. The Labute approximate surface area is 172 Å². The van der Waals surface area contributed by atoms with Crippen molar-refractivity contribution in [2.75, 3.05) is 7.11 Å². The smallest absolute Gasteiger partial charge is 0.174 e. The number of pyridine rings is 1. The Kier molecular flexibility index (Phi) is 4.76. The highest BCUT2D eigenvalue weighted by atomic mass is 19.1. The van der Waals surface area contributed by atoms with Gasteiger partial charge >= 0.3 is 0 Å². The first-order valence-electron chi connectivity index (χ1n) is 9.91. The normalized spacial score (nSPS) is 21.9. The maximum atomic E-state index is 14.7. The minimum atomic E-state index is -0.319. The molecule has 8 nitrogen and oxygen atoms in total. The molecular weight excluding hydrogens is 385 g/mol.